The molecule has 6 nitrogen and oxygen atoms in total. The average molecular weight is 551 g/mol. The number of rotatable bonds is 22. The van der Waals surface area contributed by atoms with Crippen molar-refractivity contribution in [2.75, 3.05) is 6.61 Å². The molecule has 6 heteroatoms. The lowest BCUT2D eigenvalue weighted by atomic mass is 10.0. The van der Waals surface area contributed by atoms with Crippen LogP contribution in [0.4, 0.5) is 0 Å². The highest BCUT2D eigenvalue weighted by atomic mass is 16.5. The fourth-order valence-corrected chi connectivity index (χ4v) is 4.53. The Morgan fingerprint density at radius 2 is 1.18 bits per heavy atom. The second-order valence-corrected chi connectivity index (χ2v) is 10.4. The molecule has 0 bridgehead atoms. The SMILES string of the molecule is CCCCCCCCCCCCCCCCCC(=O)N/N=C/c1ccc(OC(=O)c2ccc(OCC)cc2)cc1. The van der Waals surface area contributed by atoms with E-state index < -0.39 is 5.97 Å². The fraction of sp³-hybridized carbons (Fsp3) is 0.559. The number of amides is 1. The predicted molar refractivity (Wildman–Crippen MR) is 164 cm³/mol. The summed E-state index contributed by atoms with van der Waals surface area (Å²) >= 11 is 0. The minimum Gasteiger partial charge on any atom is -0.494 e. The minimum atomic E-state index is -0.435. The Bertz CT molecular complexity index is 970. The van der Waals surface area contributed by atoms with Gasteiger partial charge in [0.15, 0.2) is 0 Å². The summed E-state index contributed by atoms with van der Waals surface area (Å²) in [6, 6.07) is 13.8. The summed E-state index contributed by atoms with van der Waals surface area (Å²) in [6.07, 6.45) is 21.7. The van der Waals surface area contributed by atoms with E-state index in [9.17, 15) is 9.59 Å². The average Bonchev–Trinajstić information content (AvgIpc) is 2.96. The molecule has 0 radical (unpaired) electrons. The zero-order valence-corrected chi connectivity index (χ0v) is 24.8. The Labute approximate surface area is 241 Å². The van der Waals surface area contributed by atoms with E-state index in [1.807, 2.05) is 6.92 Å². The number of esters is 1. The van der Waals surface area contributed by atoms with E-state index in [2.05, 4.69) is 17.5 Å². The molecule has 220 valence electrons. The first kappa shape index (κ1) is 33.1. The monoisotopic (exact) mass is 550 g/mol. The summed E-state index contributed by atoms with van der Waals surface area (Å²) in [5.41, 5.74) is 3.85. The van der Waals surface area contributed by atoms with E-state index in [-0.39, 0.29) is 5.91 Å². The van der Waals surface area contributed by atoms with Crippen molar-refractivity contribution in [2.45, 2.75) is 117 Å². The Morgan fingerprint density at radius 1 is 0.675 bits per heavy atom. The van der Waals surface area contributed by atoms with E-state index in [0.29, 0.717) is 30.1 Å². The van der Waals surface area contributed by atoms with Crippen LogP contribution in [0.2, 0.25) is 0 Å². The standard InChI is InChI=1S/C34H50N2O4/c1-3-5-6-7-8-9-10-11-12-13-14-15-16-17-18-19-33(37)36-35-28-29-20-24-32(25-21-29)40-34(38)30-22-26-31(27-23-30)39-4-2/h20-28H,3-19H2,1-2H3,(H,36,37)/b35-28+. The van der Waals surface area contributed by atoms with Crippen LogP contribution in [0.3, 0.4) is 0 Å². The summed E-state index contributed by atoms with van der Waals surface area (Å²) in [5.74, 6) is 0.653. The first-order valence-electron chi connectivity index (χ1n) is 15.5. The highest BCUT2D eigenvalue weighted by Crippen LogP contribution is 2.17. The van der Waals surface area contributed by atoms with Gasteiger partial charge in [0, 0.05) is 6.42 Å². The molecule has 2 rings (SSSR count). The molecule has 0 heterocycles. The molecule has 0 aromatic heterocycles. The van der Waals surface area contributed by atoms with Gasteiger partial charge in [0.25, 0.3) is 0 Å². The zero-order valence-electron chi connectivity index (χ0n) is 24.8. The topological polar surface area (TPSA) is 77.0 Å². The summed E-state index contributed by atoms with van der Waals surface area (Å²) in [6.45, 7) is 4.75. The molecule has 1 N–H and O–H groups in total. The number of nitrogens with one attached hydrogen (secondary N) is 1. The van der Waals surface area contributed by atoms with E-state index in [1.54, 1.807) is 54.7 Å². The fourth-order valence-electron chi connectivity index (χ4n) is 4.53. The van der Waals surface area contributed by atoms with Crippen LogP contribution < -0.4 is 14.9 Å². The van der Waals surface area contributed by atoms with Crippen LogP contribution in [-0.4, -0.2) is 24.7 Å². The smallest absolute Gasteiger partial charge is 0.343 e. The molecule has 1 amide bonds. The van der Waals surface area contributed by atoms with Crippen molar-refractivity contribution >= 4 is 18.1 Å². The summed E-state index contributed by atoms with van der Waals surface area (Å²) in [5, 5.41) is 4.05. The Hall–Kier alpha value is -3.15. The van der Waals surface area contributed by atoms with E-state index in [4.69, 9.17) is 9.47 Å². The summed E-state index contributed by atoms with van der Waals surface area (Å²) in [4.78, 5) is 24.4. The first-order valence-corrected chi connectivity index (χ1v) is 15.5. The summed E-state index contributed by atoms with van der Waals surface area (Å²) in [7, 11) is 0. The third kappa shape index (κ3) is 15.4. The van der Waals surface area contributed by atoms with Crippen LogP contribution in [0.1, 0.15) is 133 Å². The van der Waals surface area contributed by atoms with Gasteiger partial charge in [0.05, 0.1) is 18.4 Å². The number of carbonyl (C=O) groups excluding carboxylic acids is 2. The molecule has 0 atom stereocenters. The lowest BCUT2D eigenvalue weighted by molar-refractivity contribution is -0.121. The number of ether oxygens (including phenoxy) is 2. The van der Waals surface area contributed by atoms with Crippen molar-refractivity contribution in [1.29, 1.82) is 0 Å². The Morgan fingerprint density at radius 3 is 1.70 bits per heavy atom. The van der Waals surface area contributed by atoms with Crippen LogP contribution in [0.15, 0.2) is 53.6 Å². The maximum absolute atomic E-state index is 12.3. The van der Waals surface area contributed by atoms with Gasteiger partial charge in [-0.25, -0.2) is 10.2 Å². The van der Waals surface area contributed by atoms with Gasteiger partial charge in [0.1, 0.15) is 11.5 Å². The van der Waals surface area contributed by atoms with Crippen molar-refractivity contribution in [3.05, 3.63) is 59.7 Å². The third-order valence-corrected chi connectivity index (χ3v) is 6.90. The van der Waals surface area contributed by atoms with Gasteiger partial charge in [-0.3, -0.25) is 4.79 Å². The number of hydrogen-bond donors (Lipinski definition) is 1. The van der Waals surface area contributed by atoms with Crippen LogP contribution in [0.25, 0.3) is 0 Å². The van der Waals surface area contributed by atoms with E-state index in [0.717, 1.165) is 18.4 Å². The first-order chi connectivity index (χ1) is 19.6. The number of carbonyl (C=O) groups is 2. The van der Waals surface area contributed by atoms with Crippen molar-refractivity contribution < 1.29 is 19.1 Å². The lowest BCUT2D eigenvalue weighted by Gasteiger charge is -2.06. The van der Waals surface area contributed by atoms with E-state index in [1.165, 1.54) is 83.5 Å². The molecule has 40 heavy (non-hydrogen) atoms. The molecule has 0 saturated heterocycles. The number of nitrogens with zero attached hydrogens (tertiary/aromatic N) is 1. The number of benzene rings is 2. The predicted octanol–water partition coefficient (Wildman–Crippen LogP) is 9.02. The van der Waals surface area contributed by atoms with Gasteiger partial charge >= 0.3 is 5.97 Å². The van der Waals surface area contributed by atoms with Crippen LogP contribution in [0.5, 0.6) is 11.5 Å². The van der Waals surface area contributed by atoms with Gasteiger partial charge in [-0.05, 0) is 67.4 Å². The van der Waals surface area contributed by atoms with Gasteiger partial charge in [-0.2, -0.15) is 5.10 Å². The van der Waals surface area contributed by atoms with E-state index >= 15 is 0 Å². The maximum atomic E-state index is 12.3. The number of hydrazone groups is 1. The largest absolute Gasteiger partial charge is 0.494 e. The Kier molecular flexibility index (Phi) is 17.9. The molecule has 0 saturated carbocycles. The molecule has 0 aliphatic carbocycles. The molecular weight excluding hydrogens is 500 g/mol. The quantitative estimate of drug-likeness (QED) is 0.0522. The molecule has 0 spiro atoms. The zero-order chi connectivity index (χ0) is 28.7. The van der Waals surface area contributed by atoms with Crippen molar-refractivity contribution in [3.8, 4) is 11.5 Å². The van der Waals surface area contributed by atoms with Gasteiger partial charge in [-0.1, -0.05) is 96.8 Å². The molecule has 0 aliphatic rings. The van der Waals surface area contributed by atoms with Crippen LogP contribution >= 0.6 is 0 Å². The third-order valence-electron chi connectivity index (χ3n) is 6.90. The maximum Gasteiger partial charge on any atom is 0.343 e. The highest BCUT2D eigenvalue weighted by Gasteiger charge is 2.09. The normalized spacial score (nSPS) is 11.1. The summed E-state index contributed by atoms with van der Waals surface area (Å²) < 4.78 is 10.8. The second-order valence-electron chi connectivity index (χ2n) is 10.4. The lowest BCUT2D eigenvalue weighted by Crippen LogP contribution is -2.16. The Balaban J connectivity index is 1.48. The molecule has 2 aromatic rings. The molecular formula is C34H50N2O4. The number of hydrogen-bond acceptors (Lipinski definition) is 5. The van der Waals surface area contributed by atoms with Gasteiger partial charge < -0.3 is 9.47 Å². The molecule has 2 aromatic carbocycles. The van der Waals surface area contributed by atoms with Crippen molar-refractivity contribution in [3.63, 3.8) is 0 Å². The van der Waals surface area contributed by atoms with Crippen molar-refractivity contribution in [1.82, 2.24) is 5.43 Å². The van der Waals surface area contributed by atoms with Gasteiger partial charge in [-0.15, -0.1) is 0 Å². The van der Waals surface area contributed by atoms with Crippen molar-refractivity contribution in [2.24, 2.45) is 5.10 Å². The minimum absolute atomic E-state index is 0.0631. The van der Waals surface area contributed by atoms with Gasteiger partial charge in [0.2, 0.25) is 5.91 Å². The molecule has 0 aliphatic heterocycles. The molecule has 0 unspecified atom stereocenters. The number of unbranched alkanes of at least 4 members (excludes halogenated alkanes) is 14. The van der Waals surface area contributed by atoms with Crippen LogP contribution in [0, 0.1) is 0 Å². The highest BCUT2D eigenvalue weighted by molar-refractivity contribution is 5.91. The molecule has 0 fully saturated rings. The van der Waals surface area contributed by atoms with Crippen LogP contribution in [-0.2, 0) is 4.79 Å². The second kappa shape index (κ2) is 21.6.